The van der Waals surface area contributed by atoms with Gasteiger partial charge in [-0.3, -0.25) is 14.7 Å². The highest BCUT2D eigenvalue weighted by molar-refractivity contribution is 6.06. The number of carbonyl (C=O) groups is 2. The molecule has 132 valence electrons. The van der Waals surface area contributed by atoms with Gasteiger partial charge in [-0.15, -0.1) is 0 Å². The Morgan fingerprint density at radius 3 is 2.50 bits per heavy atom. The fourth-order valence-corrected chi connectivity index (χ4v) is 2.35. The van der Waals surface area contributed by atoms with Gasteiger partial charge in [0, 0.05) is 17.3 Å². The van der Waals surface area contributed by atoms with Crippen molar-refractivity contribution in [2.24, 2.45) is 0 Å². The number of hydrogen-bond acceptors (Lipinski definition) is 4. The maximum absolute atomic E-state index is 12.3. The number of nitrogens with zero attached hydrogens (tertiary/aromatic N) is 1. The minimum Gasteiger partial charge on any atom is -0.465 e. The van der Waals surface area contributed by atoms with Crippen LogP contribution in [0.3, 0.4) is 0 Å². The molecule has 0 aliphatic rings. The van der Waals surface area contributed by atoms with E-state index in [1.54, 1.807) is 42.5 Å². The lowest BCUT2D eigenvalue weighted by Gasteiger charge is -2.07. The first-order valence-corrected chi connectivity index (χ1v) is 7.98. The van der Waals surface area contributed by atoms with Gasteiger partial charge in [-0.25, -0.2) is 0 Å². The molecule has 0 fully saturated rings. The first kappa shape index (κ1) is 17.2. The zero-order valence-corrected chi connectivity index (χ0v) is 14.4. The summed E-state index contributed by atoms with van der Waals surface area (Å²) in [7, 11) is 0. The van der Waals surface area contributed by atoms with Crippen LogP contribution in [0.1, 0.15) is 27.5 Å². The number of H-pyrrole nitrogens is 1. The van der Waals surface area contributed by atoms with E-state index < -0.39 is 0 Å². The molecule has 0 aliphatic heterocycles. The van der Waals surface area contributed by atoms with Gasteiger partial charge in [0.1, 0.15) is 5.76 Å². The molecule has 0 atom stereocenters. The zero-order valence-electron chi connectivity index (χ0n) is 14.4. The third-order valence-electron chi connectivity index (χ3n) is 3.72. The Bertz CT molecular complexity index is 918. The molecular weight excluding hydrogens is 332 g/mol. The lowest BCUT2D eigenvalue weighted by atomic mass is 10.2. The monoisotopic (exact) mass is 350 g/mol. The van der Waals surface area contributed by atoms with Crippen LogP contribution in [0.15, 0.2) is 53.2 Å². The Morgan fingerprint density at radius 1 is 1.12 bits per heavy atom. The van der Waals surface area contributed by atoms with Crippen LogP contribution in [0, 0.1) is 13.8 Å². The van der Waals surface area contributed by atoms with Crippen molar-refractivity contribution in [1.29, 1.82) is 0 Å². The highest BCUT2D eigenvalue weighted by atomic mass is 16.3. The number of nitrogens with one attached hydrogen (secondary N) is 3. The fraction of sp³-hybridized carbons (Fsp3) is 0.105. The van der Waals surface area contributed by atoms with Crippen LogP contribution in [0.5, 0.6) is 0 Å². The highest BCUT2D eigenvalue weighted by Crippen LogP contribution is 2.18. The van der Waals surface area contributed by atoms with Crippen LogP contribution < -0.4 is 10.6 Å². The molecule has 0 bridgehead atoms. The summed E-state index contributed by atoms with van der Waals surface area (Å²) < 4.78 is 5.12. The predicted octanol–water partition coefficient (Wildman–Crippen LogP) is 3.52. The van der Waals surface area contributed by atoms with Gasteiger partial charge in [0.05, 0.1) is 23.3 Å². The molecule has 1 aromatic carbocycles. The van der Waals surface area contributed by atoms with E-state index >= 15 is 0 Å². The molecule has 0 saturated heterocycles. The molecule has 3 aromatic rings. The first-order valence-electron chi connectivity index (χ1n) is 7.98. The standard InChI is InChI=1S/C19H18N4O3/c1-12-18(13(2)23-22-12)21-19(25)14-5-7-15(8-6-14)20-17(24)10-9-16-4-3-11-26-16/h3-11H,1-2H3,(H,20,24)(H,21,25)(H,22,23)/b10-9+. The van der Waals surface area contributed by atoms with Gasteiger partial charge in [-0.1, -0.05) is 0 Å². The zero-order chi connectivity index (χ0) is 18.5. The smallest absolute Gasteiger partial charge is 0.255 e. The number of amides is 2. The van der Waals surface area contributed by atoms with E-state index in [1.807, 2.05) is 13.8 Å². The van der Waals surface area contributed by atoms with E-state index in [2.05, 4.69) is 20.8 Å². The second-order valence-electron chi connectivity index (χ2n) is 5.68. The predicted molar refractivity (Wildman–Crippen MR) is 98.8 cm³/mol. The van der Waals surface area contributed by atoms with Crippen molar-refractivity contribution in [2.75, 3.05) is 10.6 Å². The van der Waals surface area contributed by atoms with Crippen molar-refractivity contribution in [3.63, 3.8) is 0 Å². The topological polar surface area (TPSA) is 100 Å². The van der Waals surface area contributed by atoms with Crippen LogP contribution in [0.25, 0.3) is 6.08 Å². The SMILES string of the molecule is Cc1n[nH]c(C)c1NC(=O)c1ccc(NC(=O)/C=C/c2ccco2)cc1. The number of aryl methyl sites for hydroxylation is 2. The van der Waals surface area contributed by atoms with Crippen molar-refractivity contribution in [1.82, 2.24) is 10.2 Å². The summed E-state index contributed by atoms with van der Waals surface area (Å²) in [6.07, 6.45) is 4.49. The Morgan fingerprint density at radius 2 is 1.88 bits per heavy atom. The molecule has 2 amide bonds. The number of anilines is 2. The summed E-state index contributed by atoms with van der Waals surface area (Å²) in [5, 5.41) is 12.4. The number of furan rings is 1. The quantitative estimate of drug-likeness (QED) is 0.613. The highest BCUT2D eigenvalue weighted by Gasteiger charge is 2.12. The normalized spacial score (nSPS) is 10.8. The maximum atomic E-state index is 12.3. The van der Waals surface area contributed by atoms with Crippen molar-refractivity contribution >= 4 is 29.3 Å². The van der Waals surface area contributed by atoms with E-state index in [0.29, 0.717) is 22.7 Å². The number of benzene rings is 1. The van der Waals surface area contributed by atoms with Gasteiger partial charge in [-0.05, 0) is 56.3 Å². The van der Waals surface area contributed by atoms with Crippen molar-refractivity contribution in [3.05, 3.63) is 71.4 Å². The Kier molecular flexibility index (Phi) is 4.98. The largest absolute Gasteiger partial charge is 0.465 e. The maximum Gasteiger partial charge on any atom is 0.255 e. The van der Waals surface area contributed by atoms with Gasteiger partial charge in [0.15, 0.2) is 0 Å². The average Bonchev–Trinajstić information content (AvgIpc) is 3.26. The fourth-order valence-electron chi connectivity index (χ4n) is 2.35. The molecule has 0 radical (unpaired) electrons. The number of carbonyl (C=O) groups excluding carboxylic acids is 2. The first-order chi connectivity index (χ1) is 12.5. The Labute approximate surface area is 150 Å². The number of rotatable bonds is 5. The summed E-state index contributed by atoms with van der Waals surface area (Å²) in [5.41, 5.74) is 3.27. The van der Waals surface area contributed by atoms with Crippen LogP contribution in [-0.2, 0) is 4.79 Å². The van der Waals surface area contributed by atoms with Crippen LogP contribution in [0.4, 0.5) is 11.4 Å². The Balaban J connectivity index is 1.61. The van der Waals surface area contributed by atoms with E-state index in [4.69, 9.17) is 4.42 Å². The van der Waals surface area contributed by atoms with Gasteiger partial charge in [0.25, 0.3) is 5.91 Å². The van der Waals surface area contributed by atoms with Gasteiger partial charge in [0.2, 0.25) is 5.91 Å². The number of aromatic amines is 1. The third kappa shape index (κ3) is 4.07. The average molecular weight is 350 g/mol. The van der Waals surface area contributed by atoms with Gasteiger partial charge < -0.3 is 15.1 Å². The van der Waals surface area contributed by atoms with E-state index in [1.165, 1.54) is 12.3 Å². The molecule has 3 N–H and O–H groups in total. The molecule has 7 nitrogen and oxygen atoms in total. The molecule has 26 heavy (non-hydrogen) atoms. The summed E-state index contributed by atoms with van der Waals surface area (Å²) >= 11 is 0. The summed E-state index contributed by atoms with van der Waals surface area (Å²) in [5.74, 6) is 0.0634. The van der Waals surface area contributed by atoms with Gasteiger partial charge >= 0.3 is 0 Å². The van der Waals surface area contributed by atoms with Gasteiger partial charge in [-0.2, -0.15) is 5.10 Å². The second-order valence-corrected chi connectivity index (χ2v) is 5.68. The second kappa shape index (κ2) is 7.52. The molecule has 0 spiro atoms. The lowest BCUT2D eigenvalue weighted by molar-refractivity contribution is -0.111. The third-order valence-corrected chi connectivity index (χ3v) is 3.72. The van der Waals surface area contributed by atoms with Crippen molar-refractivity contribution < 1.29 is 14.0 Å². The molecule has 7 heteroatoms. The summed E-state index contributed by atoms with van der Waals surface area (Å²) in [4.78, 5) is 24.2. The molecule has 0 unspecified atom stereocenters. The minimum absolute atomic E-state index is 0.242. The van der Waals surface area contributed by atoms with Crippen LogP contribution >= 0.6 is 0 Å². The van der Waals surface area contributed by atoms with Crippen molar-refractivity contribution in [3.8, 4) is 0 Å². The summed E-state index contributed by atoms with van der Waals surface area (Å²) in [6.45, 7) is 3.65. The molecule has 0 aliphatic carbocycles. The van der Waals surface area contributed by atoms with Crippen LogP contribution in [-0.4, -0.2) is 22.0 Å². The summed E-state index contributed by atoms with van der Waals surface area (Å²) in [6, 6.07) is 10.1. The Hall–Kier alpha value is -3.61. The molecule has 3 rings (SSSR count). The van der Waals surface area contributed by atoms with E-state index in [9.17, 15) is 9.59 Å². The molecular formula is C19H18N4O3. The molecule has 0 saturated carbocycles. The van der Waals surface area contributed by atoms with Crippen LogP contribution in [0.2, 0.25) is 0 Å². The minimum atomic E-state index is -0.289. The molecule has 2 aromatic heterocycles. The molecule has 2 heterocycles. The van der Waals surface area contributed by atoms with E-state index in [0.717, 1.165) is 11.4 Å². The van der Waals surface area contributed by atoms with Crippen molar-refractivity contribution in [2.45, 2.75) is 13.8 Å². The number of aromatic nitrogens is 2. The number of hydrogen-bond donors (Lipinski definition) is 3. The van der Waals surface area contributed by atoms with E-state index in [-0.39, 0.29) is 11.8 Å². The lowest BCUT2D eigenvalue weighted by Crippen LogP contribution is -2.13.